The van der Waals surface area contributed by atoms with Gasteiger partial charge in [0.1, 0.15) is 10.9 Å². The lowest BCUT2D eigenvalue weighted by Gasteiger charge is -2.10. The first-order valence-electron chi connectivity index (χ1n) is 5.43. The number of nitro benzene ring substituents is 1. The van der Waals surface area contributed by atoms with E-state index >= 15 is 0 Å². The molecule has 21 heavy (non-hydrogen) atoms. The van der Waals surface area contributed by atoms with Crippen molar-refractivity contribution < 1.29 is 22.8 Å². The van der Waals surface area contributed by atoms with Crippen LogP contribution in [0.4, 0.5) is 18.9 Å². The Morgan fingerprint density at radius 1 is 1.19 bits per heavy atom. The number of pyridine rings is 1. The molecule has 0 spiro atoms. The molecule has 0 saturated heterocycles. The predicted octanol–water partition coefficient (Wildman–Crippen LogP) is 4.45. The third-order valence-corrected chi connectivity index (χ3v) is 2.56. The number of halogens is 4. The Hall–Kier alpha value is -2.35. The maximum Gasteiger partial charge on any atom is 0.416 e. The molecule has 0 fully saturated rings. The third kappa shape index (κ3) is 3.82. The van der Waals surface area contributed by atoms with E-state index in [1.165, 1.54) is 12.1 Å². The summed E-state index contributed by atoms with van der Waals surface area (Å²) in [6.07, 6.45) is -4.58. The molecule has 0 saturated carbocycles. The van der Waals surface area contributed by atoms with Crippen LogP contribution in [0.5, 0.6) is 11.6 Å². The number of aromatic nitrogens is 1. The lowest BCUT2D eigenvalue weighted by Crippen LogP contribution is -2.05. The summed E-state index contributed by atoms with van der Waals surface area (Å²) < 4.78 is 42.9. The van der Waals surface area contributed by atoms with Gasteiger partial charge < -0.3 is 4.74 Å². The van der Waals surface area contributed by atoms with E-state index in [1.54, 1.807) is 0 Å². The fraction of sp³-hybridized carbons (Fsp3) is 0.0833. The molecular weight excluding hydrogens is 313 g/mol. The van der Waals surface area contributed by atoms with Gasteiger partial charge in [0.05, 0.1) is 10.5 Å². The molecular formula is C12H6ClF3N2O3. The van der Waals surface area contributed by atoms with Gasteiger partial charge in [-0.25, -0.2) is 4.98 Å². The summed E-state index contributed by atoms with van der Waals surface area (Å²) in [5, 5.41) is 10.1. The first-order valence-corrected chi connectivity index (χ1v) is 5.80. The Balaban J connectivity index is 2.27. The minimum atomic E-state index is -4.58. The molecule has 1 aromatic carbocycles. The maximum absolute atomic E-state index is 12.6. The summed E-state index contributed by atoms with van der Waals surface area (Å²) in [7, 11) is 0. The summed E-state index contributed by atoms with van der Waals surface area (Å²) >= 11 is 5.51. The molecule has 0 aliphatic carbocycles. The van der Waals surface area contributed by atoms with Crippen molar-refractivity contribution >= 4 is 17.3 Å². The van der Waals surface area contributed by atoms with E-state index in [0.717, 1.165) is 12.1 Å². The van der Waals surface area contributed by atoms with Gasteiger partial charge in [-0.1, -0.05) is 11.6 Å². The van der Waals surface area contributed by atoms with Crippen LogP contribution in [0.25, 0.3) is 0 Å². The number of rotatable bonds is 3. The van der Waals surface area contributed by atoms with E-state index in [0.29, 0.717) is 12.1 Å². The van der Waals surface area contributed by atoms with Gasteiger partial charge >= 0.3 is 6.18 Å². The van der Waals surface area contributed by atoms with Crippen LogP contribution in [-0.2, 0) is 6.18 Å². The molecule has 110 valence electrons. The average molecular weight is 319 g/mol. The van der Waals surface area contributed by atoms with Crippen LogP contribution in [0.15, 0.2) is 36.4 Å². The number of nitro groups is 1. The van der Waals surface area contributed by atoms with Crippen LogP contribution in [0.1, 0.15) is 5.56 Å². The first kappa shape index (κ1) is 15.0. The Morgan fingerprint density at radius 2 is 1.81 bits per heavy atom. The molecule has 0 aliphatic heterocycles. The lowest BCUT2D eigenvalue weighted by molar-refractivity contribution is -0.384. The molecule has 2 rings (SSSR count). The number of hydrogen-bond acceptors (Lipinski definition) is 4. The highest BCUT2D eigenvalue weighted by molar-refractivity contribution is 6.29. The van der Waals surface area contributed by atoms with Gasteiger partial charge in [-0.05, 0) is 18.2 Å². The summed E-state index contributed by atoms with van der Waals surface area (Å²) in [4.78, 5) is 13.5. The van der Waals surface area contributed by atoms with Crippen molar-refractivity contribution in [1.82, 2.24) is 4.98 Å². The number of nitrogens with zero attached hydrogens (tertiary/aromatic N) is 2. The fourth-order valence-corrected chi connectivity index (χ4v) is 1.65. The summed E-state index contributed by atoms with van der Waals surface area (Å²) in [6.45, 7) is 0. The second-order valence-electron chi connectivity index (χ2n) is 3.87. The van der Waals surface area contributed by atoms with Crippen LogP contribution < -0.4 is 4.74 Å². The largest absolute Gasteiger partial charge is 0.439 e. The number of ether oxygens (including phenoxy) is 1. The molecule has 0 N–H and O–H groups in total. The van der Waals surface area contributed by atoms with Crippen molar-refractivity contribution in [2.45, 2.75) is 6.18 Å². The van der Waals surface area contributed by atoms with Gasteiger partial charge in [-0.3, -0.25) is 10.1 Å². The molecule has 0 bridgehead atoms. The molecule has 0 amide bonds. The topological polar surface area (TPSA) is 65.3 Å². The van der Waals surface area contributed by atoms with Gasteiger partial charge in [0.15, 0.2) is 0 Å². The van der Waals surface area contributed by atoms with Gasteiger partial charge in [0.25, 0.3) is 5.69 Å². The Labute approximate surface area is 121 Å². The number of alkyl halides is 3. The zero-order valence-corrected chi connectivity index (χ0v) is 10.9. The van der Waals surface area contributed by atoms with Gasteiger partial charge in [-0.2, -0.15) is 13.2 Å². The fourth-order valence-electron chi connectivity index (χ4n) is 1.45. The van der Waals surface area contributed by atoms with Gasteiger partial charge in [0, 0.05) is 18.2 Å². The standard InChI is InChI=1S/C12H6ClF3N2O3/c13-10-5-7(12(14,15)16)6-11(17-10)21-9-3-1-8(2-4-9)18(19)20/h1-6H. The van der Waals surface area contributed by atoms with E-state index in [2.05, 4.69) is 4.98 Å². The molecule has 0 aliphatic rings. The van der Waals surface area contributed by atoms with Gasteiger partial charge in [-0.15, -0.1) is 0 Å². The maximum atomic E-state index is 12.6. The average Bonchev–Trinajstić information content (AvgIpc) is 2.37. The van der Waals surface area contributed by atoms with Crippen LogP contribution in [-0.4, -0.2) is 9.91 Å². The smallest absolute Gasteiger partial charge is 0.416 e. The third-order valence-electron chi connectivity index (χ3n) is 2.37. The first-order chi connectivity index (χ1) is 9.75. The van der Waals surface area contributed by atoms with Crippen molar-refractivity contribution in [3.63, 3.8) is 0 Å². The van der Waals surface area contributed by atoms with E-state index in [-0.39, 0.29) is 22.5 Å². The zero-order chi connectivity index (χ0) is 15.6. The van der Waals surface area contributed by atoms with Crippen LogP contribution >= 0.6 is 11.6 Å². The molecule has 1 aromatic heterocycles. The van der Waals surface area contributed by atoms with Crippen molar-refractivity contribution in [2.75, 3.05) is 0 Å². The lowest BCUT2D eigenvalue weighted by atomic mass is 10.2. The molecule has 0 atom stereocenters. The minimum Gasteiger partial charge on any atom is -0.439 e. The highest BCUT2D eigenvalue weighted by Gasteiger charge is 2.31. The monoisotopic (exact) mass is 318 g/mol. The Kier molecular flexibility index (Phi) is 3.99. The van der Waals surface area contributed by atoms with E-state index in [9.17, 15) is 23.3 Å². The van der Waals surface area contributed by atoms with Crippen molar-refractivity contribution in [3.05, 3.63) is 57.2 Å². The second kappa shape index (κ2) is 5.57. The van der Waals surface area contributed by atoms with E-state index in [1.807, 2.05) is 0 Å². The van der Waals surface area contributed by atoms with Crippen LogP contribution in [0.3, 0.4) is 0 Å². The number of hydrogen-bond donors (Lipinski definition) is 0. The van der Waals surface area contributed by atoms with Crippen molar-refractivity contribution in [1.29, 1.82) is 0 Å². The van der Waals surface area contributed by atoms with Crippen molar-refractivity contribution in [2.24, 2.45) is 0 Å². The second-order valence-corrected chi connectivity index (χ2v) is 4.25. The molecule has 5 nitrogen and oxygen atoms in total. The number of benzene rings is 1. The van der Waals surface area contributed by atoms with Crippen LogP contribution in [0.2, 0.25) is 5.15 Å². The quantitative estimate of drug-likeness (QED) is 0.476. The molecule has 0 unspecified atom stereocenters. The Bertz CT molecular complexity index is 674. The number of non-ortho nitro benzene ring substituents is 1. The Morgan fingerprint density at radius 3 is 2.33 bits per heavy atom. The highest BCUT2D eigenvalue weighted by atomic mass is 35.5. The summed E-state index contributed by atoms with van der Waals surface area (Å²) in [5.41, 5.74) is -1.17. The molecule has 9 heteroatoms. The highest BCUT2D eigenvalue weighted by Crippen LogP contribution is 2.33. The minimum absolute atomic E-state index is 0.100. The van der Waals surface area contributed by atoms with E-state index < -0.39 is 16.7 Å². The molecule has 1 heterocycles. The molecule has 0 radical (unpaired) electrons. The summed E-state index contributed by atoms with van der Waals surface area (Å²) in [6, 6.07) is 6.16. The normalized spacial score (nSPS) is 11.2. The van der Waals surface area contributed by atoms with Crippen LogP contribution in [0, 0.1) is 10.1 Å². The predicted molar refractivity (Wildman–Crippen MR) is 67.4 cm³/mol. The zero-order valence-electron chi connectivity index (χ0n) is 10.1. The summed E-state index contributed by atoms with van der Waals surface area (Å²) in [5.74, 6) is -0.257. The van der Waals surface area contributed by atoms with Gasteiger partial charge in [0.2, 0.25) is 5.88 Å². The van der Waals surface area contributed by atoms with Crippen molar-refractivity contribution in [3.8, 4) is 11.6 Å². The molecule has 2 aromatic rings. The SMILES string of the molecule is O=[N+]([O-])c1ccc(Oc2cc(C(F)(F)F)cc(Cl)n2)cc1. The van der Waals surface area contributed by atoms with E-state index in [4.69, 9.17) is 16.3 Å².